The van der Waals surface area contributed by atoms with Crippen molar-refractivity contribution in [1.29, 1.82) is 0 Å². The standard InChI is InChI=1S/C17H22F4O6/c1-11(2)13(22)25-8-9-26-14(23)16(18,19)10-17(20,21)15(24)27-12-6-4-3-5-7-12/h12H,1,3-10H2,2H3. The monoisotopic (exact) mass is 398 g/mol. The highest BCUT2D eigenvalue weighted by Crippen LogP contribution is 2.34. The number of hydrogen-bond donors (Lipinski definition) is 0. The Morgan fingerprint density at radius 2 is 1.44 bits per heavy atom. The molecule has 0 aromatic heterocycles. The molecule has 0 N–H and O–H groups in total. The van der Waals surface area contributed by atoms with Crippen LogP contribution in [0.15, 0.2) is 12.2 Å². The molecule has 6 nitrogen and oxygen atoms in total. The number of alkyl halides is 4. The second kappa shape index (κ2) is 9.70. The van der Waals surface area contributed by atoms with Gasteiger partial charge in [-0.2, -0.15) is 17.6 Å². The molecule has 0 aromatic carbocycles. The molecule has 1 aliphatic carbocycles. The number of ether oxygens (including phenoxy) is 3. The van der Waals surface area contributed by atoms with E-state index in [0.717, 1.165) is 6.42 Å². The van der Waals surface area contributed by atoms with Crippen molar-refractivity contribution in [2.45, 2.75) is 63.4 Å². The van der Waals surface area contributed by atoms with Crippen molar-refractivity contribution in [3.05, 3.63) is 12.2 Å². The summed E-state index contributed by atoms with van der Waals surface area (Å²) < 4.78 is 68.1. The molecule has 27 heavy (non-hydrogen) atoms. The molecule has 0 saturated heterocycles. The molecule has 0 bridgehead atoms. The lowest BCUT2D eigenvalue weighted by molar-refractivity contribution is -0.200. The summed E-state index contributed by atoms with van der Waals surface area (Å²) in [5, 5.41) is 0. The molecule has 1 saturated carbocycles. The maximum absolute atomic E-state index is 13.8. The number of halogens is 4. The molecule has 0 aliphatic heterocycles. The molecule has 1 fully saturated rings. The van der Waals surface area contributed by atoms with Gasteiger partial charge in [-0.05, 0) is 32.6 Å². The first-order valence-corrected chi connectivity index (χ1v) is 8.42. The Morgan fingerprint density at radius 1 is 0.926 bits per heavy atom. The molecule has 0 unspecified atom stereocenters. The molecule has 1 rings (SSSR count). The zero-order valence-electron chi connectivity index (χ0n) is 14.9. The molecule has 1 aliphatic rings. The van der Waals surface area contributed by atoms with E-state index < -0.39 is 55.5 Å². The van der Waals surface area contributed by atoms with Gasteiger partial charge in [0.05, 0.1) is 6.42 Å². The van der Waals surface area contributed by atoms with E-state index >= 15 is 0 Å². The van der Waals surface area contributed by atoms with E-state index in [4.69, 9.17) is 0 Å². The van der Waals surface area contributed by atoms with Crippen LogP contribution in [-0.2, 0) is 28.6 Å². The topological polar surface area (TPSA) is 78.9 Å². The molecule has 0 atom stereocenters. The summed E-state index contributed by atoms with van der Waals surface area (Å²) in [6.07, 6.45) is -0.0388. The van der Waals surface area contributed by atoms with E-state index in [1.54, 1.807) is 0 Å². The van der Waals surface area contributed by atoms with Crippen LogP contribution in [0.2, 0.25) is 0 Å². The molecule has 0 heterocycles. The second-order valence-electron chi connectivity index (χ2n) is 6.30. The molecule has 0 spiro atoms. The minimum absolute atomic E-state index is 0.0442. The molecular weight excluding hydrogens is 376 g/mol. The lowest BCUT2D eigenvalue weighted by Gasteiger charge is -2.25. The van der Waals surface area contributed by atoms with Crippen LogP contribution >= 0.6 is 0 Å². The van der Waals surface area contributed by atoms with Gasteiger partial charge in [0.2, 0.25) is 0 Å². The van der Waals surface area contributed by atoms with Crippen LogP contribution in [0.1, 0.15) is 45.4 Å². The summed E-state index contributed by atoms with van der Waals surface area (Å²) in [4.78, 5) is 33.9. The highest BCUT2D eigenvalue weighted by Gasteiger charge is 2.55. The minimum atomic E-state index is -4.62. The first-order valence-electron chi connectivity index (χ1n) is 8.42. The maximum Gasteiger partial charge on any atom is 0.377 e. The fourth-order valence-corrected chi connectivity index (χ4v) is 2.34. The highest BCUT2D eigenvalue weighted by atomic mass is 19.3. The molecular formula is C17H22F4O6. The third-order valence-corrected chi connectivity index (χ3v) is 3.77. The number of carbonyl (C=O) groups excluding carboxylic acids is 3. The van der Waals surface area contributed by atoms with Gasteiger partial charge in [0.1, 0.15) is 19.3 Å². The van der Waals surface area contributed by atoms with Crippen molar-refractivity contribution in [2.75, 3.05) is 13.2 Å². The third-order valence-electron chi connectivity index (χ3n) is 3.77. The van der Waals surface area contributed by atoms with Crippen molar-refractivity contribution in [2.24, 2.45) is 0 Å². The van der Waals surface area contributed by atoms with Crippen LogP contribution in [0.5, 0.6) is 0 Å². The fraction of sp³-hybridized carbons (Fsp3) is 0.706. The average molecular weight is 398 g/mol. The van der Waals surface area contributed by atoms with E-state index in [9.17, 15) is 31.9 Å². The van der Waals surface area contributed by atoms with Crippen molar-refractivity contribution < 1.29 is 46.2 Å². The quantitative estimate of drug-likeness (QED) is 0.195. The molecule has 154 valence electrons. The Hall–Kier alpha value is -2.13. The SMILES string of the molecule is C=C(C)C(=O)OCCOC(=O)C(F)(F)CC(F)(F)C(=O)OC1CCCCC1. The smallest absolute Gasteiger partial charge is 0.377 e. The molecule has 10 heteroatoms. The van der Waals surface area contributed by atoms with Gasteiger partial charge in [-0.25, -0.2) is 14.4 Å². The van der Waals surface area contributed by atoms with E-state index in [2.05, 4.69) is 20.8 Å². The van der Waals surface area contributed by atoms with Crippen LogP contribution in [0, 0.1) is 0 Å². The van der Waals surface area contributed by atoms with Crippen molar-refractivity contribution >= 4 is 17.9 Å². The van der Waals surface area contributed by atoms with Gasteiger partial charge in [-0.15, -0.1) is 0 Å². The van der Waals surface area contributed by atoms with Crippen LogP contribution in [0.25, 0.3) is 0 Å². The summed E-state index contributed by atoms with van der Waals surface area (Å²) in [7, 11) is 0. The Balaban J connectivity index is 2.49. The van der Waals surface area contributed by atoms with Gasteiger partial charge < -0.3 is 14.2 Å². The Labute approximate surface area is 153 Å². The van der Waals surface area contributed by atoms with Gasteiger partial charge in [0.15, 0.2) is 0 Å². The van der Waals surface area contributed by atoms with E-state index in [0.29, 0.717) is 25.7 Å². The van der Waals surface area contributed by atoms with E-state index in [1.807, 2.05) is 0 Å². The van der Waals surface area contributed by atoms with E-state index in [-0.39, 0.29) is 5.57 Å². The predicted octanol–water partition coefficient (Wildman–Crippen LogP) is 3.19. The van der Waals surface area contributed by atoms with Crippen LogP contribution in [0.4, 0.5) is 17.6 Å². The zero-order chi connectivity index (χ0) is 20.7. The first-order chi connectivity index (χ1) is 12.5. The van der Waals surface area contributed by atoms with Gasteiger partial charge >= 0.3 is 29.8 Å². The molecule has 0 radical (unpaired) electrons. The van der Waals surface area contributed by atoms with Gasteiger partial charge in [0.25, 0.3) is 0 Å². The van der Waals surface area contributed by atoms with Gasteiger partial charge in [0, 0.05) is 5.57 Å². The minimum Gasteiger partial charge on any atom is -0.459 e. The van der Waals surface area contributed by atoms with Crippen molar-refractivity contribution in [1.82, 2.24) is 0 Å². The summed E-state index contributed by atoms with van der Waals surface area (Å²) in [6.45, 7) is 3.32. The van der Waals surface area contributed by atoms with Crippen LogP contribution in [-0.4, -0.2) is 49.1 Å². The second-order valence-corrected chi connectivity index (χ2v) is 6.30. The maximum atomic E-state index is 13.8. The highest BCUT2D eigenvalue weighted by molar-refractivity contribution is 5.87. The van der Waals surface area contributed by atoms with Crippen molar-refractivity contribution in [3.63, 3.8) is 0 Å². The molecule has 0 aromatic rings. The average Bonchev–Trinajstić information content (AvgIpc) is 2.58. The Morgan fingerprint density at radius 3 is 2.00 bits per heavy atom. The molecule has 0 amide bonds. The van der Waals surface area contributed by atoms with Gasteiger partial charge in [-0.3, -0.25) is 0 Å². The summed E-state index contributed by atoms with van der Waals surface area (Å²) in [5.41, 5.74) is 0.0442. The zero-order valence-corrected chi connectivity index (χ0v) is 14.9. The largest absolute Gasteiger partial charge is 0.459 e. The predicted molar refractivity (Wildman–Crippen MR) is 84.2 cm³/mol. The van der Waals surface area contributed by atoms with Gasteiger partial charge in [-0.1, -0.05) is 13.0 Å². The fourth-order valence-electron chi connectivity index (χ4n) is 2.34. The first kappa shape index (κ1) is 22.9. The summed E-state index contributed by atoms with van der Waals surface area (Å²) >= 11 is 0. The number of rotatable bonds is 9. The summed E-state index contributed by atoms with van der Waals surface area (Å²) in [6, 6.07) is 0. The Kier molecular flexibility index (Phi) is 8.23. The number of carbonyl (C=O) groups is 3. The third kappa shape index (κ3) is 7.56. The number of esters is 3. The number of hydrogen-bond acceptors (Lipinski definition) is 6. The normalized spacial score (nSPS) is 15.7. The Bertz CT molecular complexity index is 570. The summed E-state index contributed by atoms with van der Waals surface area (Å²) in [5.74, 6) is -14.3. The van der Waals surface area contributed by atoms with Crippen molar-refractivity contribution in [3.8, 4) is 0 Å². The lowest BCUT2D eigenvalue weighted by Crippen LogP contribution is -2.43. The lowest BCUT2D eigenvalue weighted by atomic mass is 9.98. The van der Waals surface area contributed by atoms with Crippen LogP contribution in [0.3, 0.4) is 0 Å². The van der Waals surface area contributed by atoms with Crippen LogP contribution < -0.4 is 0 Å². The van der Waals surface area contributed by atoms with E-state index in [1.165, 1.54) is 6.92 Å².